The number of aryl methyl sites for hydroxylation is 1. The number of nitrogens with one attached hydrogen (secondary N) is 1. The second kappa shape index (κ2) is 7.10. The Morgan fingerprint density at radius 2 is 2.05 bits per heavy atom. The van der Waals surface area contributed by atoms with Gasteiger partial charge in [0, 0.05) is 30.1 Å². The van der Waals surface area contributed by atoms with Gasteiger partial charge in [-0.15, -0.1) is 11.3 Å². The number of hydrogen-bond acceptors (Lipinski definition) is 4. The molecule has 1 aliphatic heterocycles. The minimum Gasteiger partial charge on any atom is -0.348 e. The Morgan fingerprint density at radius 1 is 1.29 bits per heavy atom. The first kappa shape index (κ1) is 16.8. The standard InChI is InChI=1S/C17H31N3S/c1-6-14-15(12-18-17(3,4)5)21-16(19-14)20-10-7-8-13(2)9-11-20/h13,18H,6-12H2,1-5H3. The van der Waals surface area contributed by atoms with Crippen LogP contribution in [0.2, 0.25) is 0 Å². The van der Waals surface area contributed by atoms with Crippen LogP contribution in [0.1, 0.15) is 64.5 Å². The molecule has 1 unspecified atom stereocenters. The Balaban J connectivity index is 2.08. The lowest BCUT2D eigenvalue weighted by molar-refractivity contribution is 0.425. The first-order valence-electron chi connectivity index (χ1n) is 8.37. The monoisotopic (exact) mass is 309 g/mol. The van der Waals surface area contributed by atoms with E-state index in [0.29, 0.717) is 0 Å². The zero-order valence-electron chi connectivity index (χ0n) is 14.3. The fourth-order valence-electron chi connectivity index (χ4n) is 2.72. The fourth-order valence-corrected chi connectivity index (χ4v) is 3.86. The van der Waals surface area contributed by atoms with Crippen molar-refractivity contribution in [2.45, 2.75) is 72.4 Å². The number of aromatic nitrogens is 1. The third-order valence-electron chi connectivity index (χ3n) is 4.17. The van der Waals surface area contributed by atoms with Gasteiger partial charge in [0.15, 0.2) is 5.13 Å². The Labute approximate surface area is 134 Å². The van der Waals surface area contributed by atoms with Gasteiger partial charge in [0.05, 0.1) is 5.69 Å². The van der Waals surface area contributed by atoms with Gasteiger partial charge in [-0.1, -0.05) is 13.8 Å². The second-order valence-electron chi connectivity index (χ2n) is 7.35. The Kier molecular flexibility index (Phi) is 5.67. The molecule has 1 fully saturated rings. The summed E-state index contributed by atoms with van der Waals surface area (Å²) in [6.45, 7) is 14.5. The van der Waals surface area contributed by atoms with E-state index in [1.54, 1.807) is 0 Å². The molecular formula is C17H31N3S. The zero-order valence-corrected chi connectivity index (χ0v) is 15.1. The Morgan fingerprint density at radius 3 is 2.71 bits per heavy atom. The van der Waals surface area contributed by atoms with Crippen molar-refractivity contribution >= 4 is 16.5 Å². The number of rotatable bonds is 4. The van der Waals surface area contributed by atoms with Gasteiger partial charge in [-0.2, -0.15) is 0 Å². The van der Waals surface area contributed by atoms with Gasteiger partial charge in [-0.05, 0) is 52.4 Å². The quantitative estimate of drug-likeness (QED) is 0.902. The lowest BCUT2D eigenvalue weighted by Crippen LogP contribution is -2.35. The van der Waals surface area contributed by atoms with Gasteiger partial charge in [0.25, 0.3) is 0 Å². The third kappa shape index (κ3) is 4.96. The van der Waals surface area contributed by atoms with Gasteiger partial charge < -0.3 is 10.2 Å². The molecule has 1 aromatic rings. The van der Waals surface area contributed by atoms with Crippen LogP contribution in [0.4, 0.5) is 5.13 Å². The largest absolute Gasteiger partial charge is 0.348 e. The molecule has 3 nitrogen and oxygen atoms in total. The minimum absolute atomic E-state index is 0.160. The van der Waals surface area contributed by atoms with Gasteiger partial charge in [-0.3, -0.25) is 0 Å². The molecule has 0 saturated carbocycles. The van der Waals surface area contributed by atoms with Crippen LogP contribution in [-0.4, -0.2) is 23.6 Å². The average Bonchev–Trinajstić information content (AvgIpc) is 2.70. The molecule has 0 spiro atoms. The molecule has 1 aliphatic rings. The fraction of sp³-hybridized carbons (Fsp3) is 0.824. The van der Waals surface area contributed by atoms with Gasteiger partial charge in [0.1, 0.15) is 0 Å². The third-order valence-corrected chi connectivity index (χ3v) is 5.33. The van der Waals surface area contributed by atoms with E-state index in [0.717, 1.165) is 18.9 Å². The van der Waals surface area contributed by atoms with Crippen molar-refractivity contribution in [2.75, 3.05) is 18.0 Å². The van der Waals surface area contributed by atoms with E-state index >= 15 is 0 Å². The summed E-state index contributed by atoms with van der Waals surface area (Å²) in [5.41, 5.74) is 1.44. The highest BCUT2D eigenvalue weighted by atomic mass is 32.1. The van der Waals surface area contributed by atoms with E-state index in [-0.39, 0.29) is 5.54 Å². The zero-order chi connectivity index (χ0) is 15.5. The molecule has 120 valence electrons. The number of anilines is 1. The lowest BCUT2D eigenvalue weighted by Gasteiger charge is -2.20. The van der Waals surface area contributed by atoms with Crippen LogP contribution < -0.4 is 10.2 Å². The van der Waals surface area contributed by atoms with E-state index < -0.39 is 0 Å². The second-order valence-corrected chi connectivity index (χ2v) is 8.41. The molecule has 0 radical (unpaired) electrons. The highest BCUT2D eigenvalue weighted by Gasteiger charge is 2.19. The predicted octanol–water partition coefficient (Wildman–Crippen LogP) is 4.22. The van der Waals surface area contributed by atoms with Crippen molar-refractivity contribution in [3.8, 4) is 0 Å². The molecule has 1 atom stereocenters. The number of hydrogen-bond donors (Lipinski definition) is 1. The molecule has 0 bridgehead atoms. The Hall–Kier alpha value is -0.610. The average molecular weight is 310 g/mol. The summed E-state index contributed by atoms with van der Waals surface area (Å²) in [4.78, 5) is 8.85. The molecule has 1 N–H and O–H groups in total. The predicted molar refractivity (Wildman–Crippen MR) is 93.3 cm³/mol. The smallest absolute Gasteiger partial charge is 0.185 e. The number of nitrogens with zero attached hydrogens (tertiary/aromatic N) is 2. The molecule has 0 aromatic carbocycles. The first-order chi connectivity index (χ1) is 9.89. The summed E-state index contributed by atoms with van der Waals surface area (Å²) in [5.74, 6) is 0.864. The van der Waals surface area contributed by atoms with Gasteiger partial charge >= 0.3 is 0 Å². The lowest BCUT2D eigenvalue weighted by atomic mass is 10.0. The SMILES string of the molecule is CCc1nc(N2CCCC(C)CC2)sc1CNC(C)(C)C. The summed E-state index contributed by atoms with van der Waals surface area (Å²) < 4.78 is 0. The molecule has 1 saturated heterocycles. The van der Waals surface area contributed by atoms with E-state index in [1.807, 2.05) is 11.3 Å². The highest BCUT2D eigenvalue weighted by Crippen LogP contribution is 2.30. The van der Waals surface area contributed by atoms with Crippen molar-refractivity contribution in [3.63, 3.8) is 0 Å². The van der Waals surface area contributed by atoms with E-state index in [9.17, 15) is 0 Å². The summed E-state index contributed by atoms with van der Waals surface area (Å²) in [6.07, 6.45) is 5.00. The maximum atomic E-state index is 4.92. The summed E-state index contributed by atoms with van der Waals surface area (Å²) in [6, 6.07) is 0. The van der Waals surface area contributed by atoms with Gasteiger partial charge in [0.2, 0.25) is 0 Å². The van der Waals surface area contributed by atoms with Crippen molar-refractivity contribution in [1.82, 2.24) is 10.3 Å². The van der Waals surface area contributed by atoms with Crippen molar-refractivity contribution in [2.24, 2.45) is 5.92 Å². The van der Waals surface area contributed by atoms with Crippen LogP contribution in [0.3, 0.4) is 0 Å². The van der Waals surface area contributed by atoms with E-state index in [2.05, 4.69) is 44.8 Å². The Bertz CT molecular complexity index is 447. The summed E-state index contributed by atoms with van der Waals surface area (Å²) in [7, 11) is 0. The maximum absolute atomic E-state index is 4.92. The van der Waals surface area contributed by atoms with Crippen LogP contribution in [-0.2, 0) is 13.0 Å². The van der Waals surface area contributed by atoms with Crippen LogP contribution in [0, 0.1) is 5.92 Å². The van der Waals surface area contributed by atoms with E-state index in [1.165, 1.54) is 48.1 Å². The maximum Gasteiger partial charge on any atom is 0.185 e. The number of thiazole rings is 1. The van der Waals surface area contributed by atoms with Crippen molar-refractivity contribution < 1.29 is 0 Å². The van der Waals surface area contributed by atoms with Crippen LogP contribution in [0.25, 0.3) is 0 Å². The van der Waals surface area contributed by atoms with Crippen LogP contribution in [0.15, 0.2) is 0 Å². The molecule has 2 heterocycles. The van der Waals surface area contributed by atoms with Crippen molar-refractivity contribution in [3.05, 3.63) is 10.6 Å². The normalized spacial score (nSPS) is 20.6. The minimum atomic E-state index is 0.160. The first-order valence-corrected chi connectivity index (χ1v) is 9.19. The molecule has 1 aromatic heterocycles. The molecule has 4 heteroatoms. The molecular weight excluding hydrogens is 278 g/mol. The molecule has 2 rings (SSSR count). The topological polar surface area (TPSA) is 28.2 Å². The summed E-state index contributed by atoms with van der Waals surface area (Å²) >= 11 is 1.89. The highest BCUT2D eigenvalue weighted by molar-refractivity contribution is 7.15. The van der Waals surface area contributed by atoms with Gasteiger partial charge in [-0.25, -0.2) is 4.98 Å². The van der Waals surface area contributed by atoms with Crippen LogP contribution in [0.5, 0.6) is 0 Å². The van der Waals surface area contributed by atoms with Crippen molar-refractivity contribution in [1.29, 1.82) is 0 Å². The summed E-state index contributed by atoms with van der Waals surface area (Å²) in [5, 5.41) is 4.84. The molecule has 0 aliphatic carbocycles. The molecule has 21 heavy (non-hydrogen) atoms. The molecule has 0 amide bonds. The van der Waals surface area contributed by atoms with Crippen LogP contribution >= 0.6 is 11.3 Å². The van der Waals surface area contributed by atoms with E-state index in [4.69, 9.17) is 4.98 Å².